The van der Waals surface area contributed by atoms with E-state index in [1.807, 2.05) is 36.4 Å². The van der Waals surface area contributed by atoms with Gasteiger partial charge in [0.2, 0.25) is 0 Å². The third-order valence-electron chi connectivity index (χ3n) is 4.38. The number of anilines is 1. The third-order valence-corrected chi connectivity index (χ3v) is 4.38. The molecule has 24 heavy (non-hydrogen) atoms. The fraction of sp³-hybridized carbons (Fsp3) is 0.300. The van der Waals surface area contributed by atoms with Gasteiger partial charge in [-0.25, -0.2) is 4.79 Å². The first kappa shape index (κ1) is 16.2. The van der Waals surface area contributed by atoms with Gasteiger partial charge in [0.05, 0.1) is 5.69 Å². The number of para-hydroxylation sites is 1. The molecule has 1 amide bonds. The van der Waals surface area contributed by atoms with E-state index < -0.39 is 6.09 Å². The number of hydrogen-bond acceptors (Lipinski definition) is 3. The number of carbonyl (C=O) groups excluding carboxylic acids is 2. The van der Waals surface area contributed by atoms with Gasteiger partial charge >= 0.3 is 6.09 Å². The first-order chi connectivity index (χ1) is 11.7. The molecule has 124 valence electrons. The first-order valence-corrected chi connectivity index (χ1v) is 8.32. The second kappa shape index (κ2) is 7.77. The number of ether oxygens (including phenoxy) is 1. The summed E-state index contributed by atoms with van der Waals surface area (Å²) in [6, 6.07) is 16.6. The van der Waals surface area contributed by atoms with Crippen LogP contribution in [0, 0.1) is 5.92 Å². The van der Waals surface area contributed by atoms with Gasteiger partial charge < -0.3 is 4.74 Å². The molecule has 2 aromatic rings. The molecule has 0 bridgehead atoms. The van der Waals surface area contributed by atoms with Crippen molar-refractivity contribution >= 4 is 17.6 Å². The number of ketones is 1. The second-order valence-electron chi connectivity index (χ2n) is 6.16. The van der Waals surface area contributed by atoms with Crippen LogP contribution < -0.4 is 5.32 Å². The fourth-order valence-corrected chi connectivity index (χ4v) is 2.77. The number of benzene rings is 2. The highest BCUT2D eigenvalue weighted by molar-refractivity contribution is 6.04. The average Bonchev–Trinajstić information content (AvgIpc) is 2.57. The van der Waals surface area contributed by atoms with E-state index in [4.69, 9.17) is 4.74 Å². The van der Waals surface area contributed by atoms with Gasteiger partial charge in [0, 0.05) is 12.0 Å². The number of amides is 1. The van der Waals surface area contributed by atoms with Crippen molar-refractivity contribution in [3.8, 4) is 0 Å². The Kier molecular flexibility index (Phi) is 5.26. The summed E-state index contributed by atoms with van der Waals surface area (Å²) in [5, 5.41) is 2.69. The quantitative estimate of drug-likeness (QED) is 0.776. The number of hydrogen-bond donors (Lipinski definition) is 1. The van der Waals surface area contributed by atoms with Crippen LogP contribution in [0.5, 0.6) is 0 Å². The molecule has 1 saturated carbocycles. The van der Waals surface area contributed by atoms with Gasteiger partial charge in [-0.2, -0.15) is 0 Å². The van der Waals surface area contributed by atoms with E-state index in [0.717, 1.165) is 18.4 Å². The predicted octanol–water partition coefficient (Wildman–Crippen LogP) is 4.81. The van der Waals surface area contributed by atoms with Crippen LogP contribution in [0.2, 0.25) is 0 Å². The zero-order chi connectivity index (χ0) is 16.8. The second-order valence-corrected chi connectivity index (χ2v) is 6.16. The molecular weight excluding hydrogens is 302 g/mol. The van der Waals surface area contributed by atoms with Crippen LogP contribution in [0.3, 0.4) is 0 Å². The lowest BCUT2D eigenvalue weighted by Crippen LogP contribution is -2.19. The van der Waals surface area contributed by atoms with Crippen LogP contribution in [-0.2, 0) is 11.3 Å². The lowest BCUT2D eigenvalue weighted by atomic mass is 9.81. The summed E-state index contributed by atoms with van der Waals surface area (Å²) in [7, 11) is 0. The lowest BCUT2D eigenvalue weighted by molar-refractivity contribution is 0.0937. The molecule has 0 heterocycles. The molecule has 4 heteroatoms. The molecule has 0 unspecified atom stereocenters. The van der Waals surface area contributed by atoms with Gasteiger partial charge in [0.25, 0.3) is 0 Å². The SMILES string of the molecule is O=C(Nc1ccccc1C(=O)CC1CCC1)OCc1ccccc1. The monoisotopic (exact) mass is 323 g/mol. The zero-order valence-electron chi connectivity index (χ0n) is 13.5. The minimum absolute atomic E-state index is 0.0821. The molecular formula is C20H21NO3. The molecule has 1 N–H and O–H groups in total. The number of Topliss-reactive ketones (excluding diaryl/α,β-unsaturated/α-hetero) is 1. The summed E-state index contributed by atoms with van der Waals surface area (Å²) in [5.41, 5.74) is 1.99. The van der Waals surface area contributed by atoms with Crippen molar-refractivity contribution in [2.45, 2.75) is 32.3 Å². The van der Waals surface area contributed by atoms with Crippen molar-refractivity contribution < 1.29 is 14.3 Å². The van der Waals surface area contributed by atoms with E-state index in [2.05, 4.69) is 5.32 Å². The van der Waals surface area contributed by atoms with Crippen LogP contribution in [-0.4, -0.2) is 11.9 Å². The molecule has 4 nitrogen and oxygen atoms in total. The molecule has 3 rings (SSSR count). The van der Waals surface area contributed by atoms with Crippen LogP contribution >= 0.6 is 0 Å². The van der Waals surface area contributed by atoms with E-state index in [-0.39, 0.29) is 12.4 Å². The topological polar surface area (TPSA) is 55.4 Å². The average molecular weight is 323 g/mol. The Bertz CT molecular complexity index is 708. The minimum Gasteiger partial charge on any atom is -0.444 e. The summed E-state index contributed by atoms with van der Waals surface area (Å²) in [6.07, 6.45) is 3.46. The standard InChI is InChI=1S/C20H21NO3/c22-19(13-15-9-6-10-15)17-11-4-5-12-18(17)21-20(23)24-14-16-7-2-1-3-8-16/h1-5,7-8,11-12,15H,6,9-10,13-14H2,(H,21,23). The van der Waals surface area contributed by atoms with E-state index >= 15 is 0 Å². The van der Waals surface area contributed by atoms with Gasteiger partial charge in [0.1, 0.15) is 6.61 Å². The highest BCUT2D eigenvalue weighted by Gasteiger charge is 2.23. The molecule has 0 spiro atoms. The van der Waals surface area contributed by atoms with E-state index in [1.165, 1.54) is 6.42 Å². The van der Waals surface area contributed by atoms with Crippen LogP contribution in [0.1, 0.15) is 41.6 Å². The van der Waals surface area contributed by atoms with Crippen LogP contribution in [0.15, 0.2) is 54.6 Å². The Balaban J connectivity index is 1.59. The first-order valence-electron chi connectivity index (χ1n) is 8.32. The summed E-state index contributed by atoms with van der Waals surface area (Å²) in [5.74, 6) is 0.578. The zero-order valence-corrected chi connectivity index (χ0v) is 13.5. The van der Waals surface area contributed by atoms with Crippen molar-refractivity contribution in [3.05, 3.63) is 65.7 Å². The van der Waals surface area contributed by atoms with Crippen molar-refractivity contribution in [1.29, 1.82) is 0 Å². The number of carbonyl (C=O) groups is 2. The largest absolute Gasteiger partial charge is 0.444 e. The highest BCUT2D eigenvalue weighted by atomic mass is 16.5. The molecule has 2 aromatic carbocycles. The third kappa shape index (κ3) is 4.22. The van der Waals surface area contributed by atoms with Gasteiger partial charge in [-0.1, -0.05) is 61.7 Å². The predicted molar refractivity (Wildman–Crippen MR) is 93.0 cm³/mol. The van der Waals surface area contributed by atoms with Crippen LogP contribution in [0.25, 0.3) is 0 Å². The van der Waals surface area contributed by atoms with Crippen molar-refractivity contribution in [3.63, 3.8) is 0 Å². The molecule has 0 radical (unpaired) electrons. The number of nitrogens with one attached hydrogen (secondary N) is 1. The Morgan fingerprint density at radius 1 is 1.00 bits per heavy atom. The normalized spacial score (nSPS) is 13.8. The summed E-state index contributed by atoms with van der Waals surface area (Å²) in [6.45, 7) is 0.199. The van der Waals surface area contributed by atoms with Crippen LogP contribution in [0.4, 0.5) is 10.5 Å². The van der Waals surface area contributed by atoms with Gasteiger partial charge in [-0.15, -0.1) is 0 Å². The molecule has 0 aromatic heterocycles. The Labute approximate surface area is 141 Å². The summed E-state index contributed by atoms with van der Waals surface area (Å²) in [4.78, 5) is 24.4. The van der Waals surface area contributed by atoms with Crippen molar-refractivity contribution in [2.24, 2.45) is 5.92 Å². The summed E-state index contributed by atoms with van der Waals surface area (Å²) < 4.78 is 5.22. The Hall–Kier alpha value is -2.62. The van der Waals surface area contributed by atoms with Crippen molar-refractivity contribution in [2.75, 3.05) is 5.32 Å². The van der Waals surface area contributed by atoms with Gasteiger partial charge in [0.15, 0.2) is 5.78 Å². The smallest absolute Gasteiger partial charge is 0.411 e. The molecule has 0 saturated heterocycles. The van der Waals surface area contributed by atoms with E-state index in [1.54, 1.807) is 18.2 Å². The van der Waals surface area contributed by atoms with E-state index in [0.29, 0.717) is 23.6 Å². The van der Waals surface area contributed by atoms with Crippen molar-refractivity contribution in [1.82, 2.24) is 0 Å². The maximum Gasteiger partial charge on any atom is 0.411 e. The van der Waals surface area contributed by atoms with E-state index in [9.17, 15) is 9.59 Å². The Morgan fingerprint density at radius 2 is 1.71 bits per heavy atom. The highest BCUT2D eigenvalue weighted by Crippen LogP contribution is 2.31. The van der Waals surface area contributed by atoms with Gasteiger partial charge in [-0.3, -0.25) is 10.1 Å². The molecule has 0 atom stereocenters. The minimum atomic E-state index is -0.553. The molecule has 1 fully saturated rings. The molecule has 1 aliphatic carbocycles. The number of rotatable bonds is 6. The maximum absolute atomic E-state index is 12.4. The molecule has 1 aliphatic rings. The van der Waals surface area contributed by atoms with Gasteiger partial charge in [-0.05, 0) is 23.6 Å². The fourth-order valence-electron chi connectivity index (χ4n) is 2.77. The molecule has 0 aliphatic heterocycles. The maximum atomic E-state index is 12.4. The Morgan fingerprint density at radius 3 is 2.42 bits per heavy atom. The lowest BCUT2D eigenvalue weighted by Gasteiger charge is -2.24. The summed E-state index contributed by atoms with van der Waals surface area (Å²) >= 11 is 0.